The number of halogens is 1. The topological polar surface area (TPSA) is 58.4 Å². The number of carbonyl (C=O) groups excluding carboxylic acids is 1. The van der Waals surface area contributed by atoms with Crippen LogP contribution in [0.4, 0.5) is 5.69 Å². The zero-order valence-electron chi connectivity index (χ0n) is 14.8. The molecule has 0 saturated heterocycles. The molecule has 4 rings (SSSR count). The van der Waals surface area contributed by atoms with Crippen LogP contribution in [-0.2, 0) is 12.8 Å². The molecule has 2 heterocycles. The SMILES string of the molecule is CN(C)C(=O)c1ccc2oc3c(c2c1)CC(Nc1ccc(Cl)nc1)CC3. The van der Waals surface area contributed by atoms with Crippen molar-refractivity contribution >= 4 is 34.2 Å². The monoisotopic (exact) mass is 369 g/mol. The van der Waals surface area contributed by atoms with E-state index in [0.717, 1.165) is 41.7 Å². The molecule has 1 unspecified atom stereocenters. The maximum Gasteiger partial charge on any atom is 0.253 e. The van der Waals surface area contributed by atoms with Gasteiger partial charge in [-0.2, -0.15) is 0 Å². The molecule has 134 valence electrons. The van der Waals surface area contributed by atoms with Gasteiger partial charge in [0.15, 0.2) is 0 Å². The fraction of sp³-hybridized carbons (Fsp3) is 0.300. The van der Waals surface area contributed by atoms with Gasteiger partial charge in [0.25, 0.3) is 5.91 Å². The number of fused-ring (bicyclic) bond motifs is 3. The molecule has 0 aliphatic heterocycles. The zero-order valence-corrected chi connectivity index (χ0v) is 15.5. The lowest BCUT2D eigenvalue weighted by molar-refractivity contribution is 0.0828. The van der Waals surface area contributed by atoms with Crippen molar-refractivity contribution in [2.75, 3.05) is 19.4 Å². The van der Waals surface area contributed by atoms with Crippen LogP contribution in [0.5, 0.6) is 0 Å². The van der Waals surface area contributed by atoms with Crippen LogP contribution in [0.1, 0.15) is 28.1 Å². The molecule has 0 radical (unpaired) electrons. The first-order chi connectivity index (χ1) is 12.5. The lowest BCUT2D eigenvalue weighted by Crippen LogP contribution is -2.26. The van der Waals surface area contributed by atoms with Crippen LogP contribution in [0.25, 0.3) is 11.0 Å². The number of nitrogens with zero attached hydrogens (tertiary/aromatic N) is 2. The van der Waals surface area contributed by atoms with E-state index in [-0.39, 0.29) is 5.91 Å². The first kappa shape index (κ1) is 16.9. The normalized spacial score (nSPS) is 16.3. The van der Waals surface area contributed by atoms with Crippen LogP contribution in [0.15, 0.2) is 40.9 Å². The summed E-state index contributed by atoms with van der Waals surface area (Å²) in [6.07, 6.45) is 4.46. The second kappa shape index (κ2) is 6.65. The highest BCUT2D eigenvalue weighted by Gasteiger charge is 2.25. The Hall–Kier alpha value is -2.53. The van der Waals surface area contributed by atoms with Crippen molar-refractivity contribution in [1.29, 1.82) is 0 Å². The van der Waals surface area contributed by atoms with Crippen molar-refractivity contribution in [3.05, 3.63) is 58.6 Å². The number of rotatable bonds is 3. The number of amides is 1. The Morgan fingerprint density at radius 3 is 2.88 bits per heavy atom. The molecule has 0 saturated carbocycles. The summed E-state index contributed by atoms with van der Waals surface area (Å²) in [6.45, 7) is 0. The van der Waals surface area contributed by atoms with Gasteiger partial charge >= 0.3 is 0 Å². The van der Waals surface area contributed by atoms with Gasteiger partial charge in [-0.1, -0.05) is 11.6 Å². The quantitative estimate of drug-likeness (QED) is 0.704. The van der Waals surface area contributed by atoms with Gasteiger partial charge in [-0.3, -0.25) is 4.79 Å². The number of carbonyl (C=O) groups is 1. The fourth-order valence-electron chi connectivity index (χ4n) is 3.49. The Morgan fingerprint density at radius 1 is 1.31 bits per heavy atom. The van der Waals surface area contributed by atoms with E-state index in [9.17, 15) is 4.79 Å². The average Bonchev–Trinajstić information content (AvgIpc) is 3.00. The first-order valence-electron chi connectivity index (χ1n) is 8.65. The van der Waals surface area contributed by atoms with Crippen molar-refractivity contribution in [3.8, 4) is 0 Å². The standard InChI is InChI=1S/C20H20ClN3O2/c1-24(2)20(25)12-3-6-17-15(9-12)16-10-13(4-7-18(16)26-17)23-14-5-8-19(21)22-11-14/h3,5-6,8-9,11,13,23H,4,7,10H2,1-2H3. The number of furan rings is 1. The van der Waals surface area contributed by atoms with Crippen molar-refractivity contribution in [1.82, 2.24) is 9.88 Å². The zero-order chi connectivity index (χ0) is 18.3. The van der Waals surface area contributed by atoms with Crippen molar-refractivity contribution in [2.45, 2.75) is 25.3 Å². The summed E-state index contributed by atoms with van der Waals surface area (Å²) in [4.78, 5) is 18.0. The van der Waals surface area contributed by atoms with Gasteiger partial charge in [-0.25, -0.2) is 4.98 Å². The van der Waals surface area contributed by atoms with E-state index in [2.05, 4.69) is 10.3 Å². The Morgan fingerprint density at radius 2 is 2.15 bits per heavy atom. The van der Waals surface area contributed by atoms with Crippen LogP contribution in [0.2, 0.25) is 5.15 Å². The van der Waals surface area contributed by atoms with Crippen molar-refractivity contribution < 1.29 is 9.21 Å². The minimum Gasteiger partial charge on any atom is -0.461 e. The largest absolute Gasteiger partial charge is 0.461 e. The number of hydrogen-bond acceptors (Lipinski definition) is 4. The number of pyridine rings is 1. The van der Waals surface area contributed by atoms with Crippen LogP contribution in [0.3, 0.4) is 0 Å². The van der Waals surface area contributed by atoms with E-state index in [1.165, 1.54) is 5.56 Å². The van der Waals surface area contributed by atoms with E-state index < -0.39 is 0 Å². The highest BCUT2D eigenvalue weighted by molar-refractivity contribution is 6.29. The number of hydrogen-bond donors (Lipinski definition) is 1. The fourth-order valence-corrected chi connectivity index (χ4v) is 3.60. The second-order valence-electron chi connectivity index (χ2n) is 6.87. The third kappa shape index (κ3) is 3.15. The molecule has 1 amide bonds. The molecule has 0 spiro atoms. The molecule has 1 atom stereocenters. The summed E-state index contributed by atoms with van der Waals surface area (Å²) < 4.78 is 6.02. The van der Waals surface area contributed by atoms with Gasteiger partial charge in [-0.15, -0.1) is 0 Å². The molecule has 6 heteroatoms. The molecule has 1 aliphatic rings. The van der Waals surface area contributed by atoms with Gasteiger partial charge in [0, 0.05) is 43.1 Å². The molecular formula is C20H20ClN3O2. The minimum absolute atomic E-state index is 0.000395. The number of anilines is 1. The molecule has 0 bridgehead atoms. The molecule has 26 heavy (non-hydrogen) atoms. The molecule has 0 fully saturated rings. The predicted octanol–water partition coefficient (Wildman–Crippen LogP) is 4.15. The number of benzene rings is 1. The predicted molar refractivity (Wildman–Crippen MR) is 103 cm³/mol. The van der Waals surface area contributed by atoms with Gasteiger partial charge in [0.05, 0.1) is 11.9 Å². The summed E-state index contributed by atoms with van der Waals surface area (Å²) in [7, 11) is 3.52. The molecule has 5 nitrogen and oxygen atoms in total. The maximum atomic E-state index is 12.3. The third-order valence-electron chi connectivity index (χ3n) is 4.80. The smallest absolute Gasteiger partial charge is 0.253 e. The van der Waals surface area contributed by atoms with Gasteiger partial charge < -0.3 is 14.6 Å². The molecule has 3 aromatic rings. The maximum absolute atomic E-state index is 12.3. The summed E-state index contributed by atoms with van der Waals surface area (Å²) in [5.74, 6) is 1.03. The first-order valence-corrected chi connectivity index (χ1v) is 9.03. The van der Waals surface area contributed by atoms with E-state index in [1.54, 1.807) is 31.3 Å². The summed E-state index contributed by atoms with van der Waals surface area (Å²) in [6, 6.07) is 9.69. The van der Waals surface area contributed by atoms with Crippen molar-refractivity contribution in [3.63, 3.8) is 0 Å². The number of nitrogens with one attached hydrogen (secondary N) is 1. The minimum atomic E-state index is -0.000395. The van der Waals surface area contributed by atoms with E-state index >= 15 is 0 Å². The molecular weight excluding hydrogens is 350 g/mol. The Balaban J connectivity index is 1.62. The average molecular weight is 370 g/mol. The summed E-state index contributed by atoms with van der Waals surface area (Å²) >= 11 is 5.85. The van der Waals surface area contributed by atoms with Gasteiger partial charge in [0.2, 0.25) is 0 Å². The van der Waals surface area contributed by atoms with E-state index in [0.29, 0.717) is 16.8 Å². The number of aromatic nitrogens is 1. The molecule has 2 aromatic heterocycles. The number of aryl methyl sites for hydroxylation is 1. The molecule has 1 aliphatic carbocycles. The molecule has 1 N–H and O–H groups in total. The lowest BCUT2D eigenvalue weighted by Gasteiger charge is -2.23. The van der Waals surface area contributed by atoms with Crippen LogP contribution in [-0.4, -0.2) is 35.9 Å². The van der Waals surface area contributed by atoms with Gasteiger partial charge in [-0.05, 0) is 43.2 Å². The van der Waals surface area contributed by atoms with Crippen molar-refractivity contribution in [2.24, 2.45) is 0 Å². The Labute approximate surface area is 157 Å². The van der Waals surface area contributed by atoms with E-state index in [1.807, 2.05) is 24.3 Å². The third-order valence-corrected chi connectivity index (χ3v) is 5.02. The highest BCUT2D eigenvalue weighted by Crippen LogP contribution is 2.33. The van der Waals surface area contributed by atoms with Crippen LogP contribution < -0.4 is 5.32 Å². The van der Waals surface area contributed by atoms with Crippen LogP contribution in [0, 0.1) is 0 Å². The lowest BCUT2D eigenvalue weighted by atomic mass is 9.91. The Bertz CT molecular complexity index is 963. The Kier molecular flexibility index (Phi) is 4.32. The van der Waals surface area contributed by atoms with Crippen LogP contribution >= 0.6 is 11.6 Å². The summed E-state index contributed by atoms with van der Waals surface area (Å²) in [5, 5.41) is 5.04. The summed E-state index contributed by atoms with van der Waals surface area (Å²) in [5.41, 5.74) is 3.68. The highest BCUT2D eigenvalue weighted by atomic mass is 35.5. The van der Waals surface area contributed by atoms with E-state index in [4.69, 9.17) is 16.0 Å². The second-order valence-corrected chi connectivity index (χ2v) is 7.26. The molecule has 1 aromatic carbocycles. The van der Waals surface area contributed by atoms with Gasteiger partial charge in [0.1, 0.15) is 16.5 Å².